The van der Waals surface area contributed by atoms with E-state index in [9.17, 15) is 12.8 Å². The molecular formula is C17H18FNO3S. The fourth-order valence-corrected chi connectivity index (χ4v) is 3.90. The lowest BCUT2D eigenvalue weighted by atomic mass is 9.99. The van der Waals surface area contributed by atoms with E-state index in [0.29, 0.717) is 13.0 Å². The molecule has 0 amide bonds. The highest BCUT2D eigenvalue weighted by Gasteiger charge is 2.26. The number of halogens is 1. The summed E-state index contributed by atoms with van der Waals surface area (Å²) in [5, 5.41) is 0. The summed E-state index contributed by atoms with van der Waals surface area (Å²) < 4.78 is 45.0. The van der Waals surface area contributed by atoms with Crippen molar-refractivity contribution >= 4 is 10.0 Å². The molecule has 0 aliphatic carbocycles. The third-order valence-electron chi connectivity index (χ3n) is 4.02. The number of fused-ring (bicyclic) bond motifs is 1. The number of rotatable bonds is 4. The van der Waals surface area contributed by atoms with E-state index >= 15 is 0 Å². The van der Waals surface area contributed by atoms with Gasteiger partial charge in [0.15, 0.2) is 0 Å². The summed E-state index contributed by atoms with van der Waals surface area (Å²) >= 11 is 0. The van der Waals surface area contributed by atoms with Gasteiger partial charge in [-0.2, -0.15) is 4.31 Å². The van der Waals surface area contributed by atoms with E-state index < -0.39 is 15.8 Å². The monoisotopic (exact) mass is 335 g/mol. The summed E-state index contributed by atoms with van der Waals surface area (Å²) in [5.74, 6) is -0.459. The molecule has 0 aromatic heterocycles. The predicted octanol–water partition coefficient (Wildman–Crippen LogP) is 2.59. The highest BCUT2D eigenvalue weighted by Crippen LogP contribution is 2.22. The van der Waals surface area contributed by atoms with Crippen molar-refractivity contribution in [1.82, 2.24) is 4.31 Å². The van der Waals surface area contributed by atoms with Crippen molar-refractivity contribution in [2.75, 3.05) is 13.6 Å². The van der Waals surface area contributed by atoms with Crippen LogP contribution in [0.1, 0.15) is 11.1 Å². The summed E-state index contributed by atoms with van der Waals surface area (Å²) in [6.07, 6.45) is 0.490. The van der Waals surface area contributed by atoms with Gasteiger partial charge >= 0.3 is 0 Å². The lowest BCUT2D eigenvalue weighted by molar-refractivity contribution is 0.0202. The highest BCUT2D eigenvalue weighted by molar-refractivity contribution is 7.89. The summed E-state index contributed by atoms with van der Waals surface area (Å²) in [7, 11) is -2.13. The molecule has 0 saturated carbocycles. The first-order chi connectivity index (χ1) is 11.0. The lowest BCUT2D eigenvalue weighted by Gasteiger charge is -2.28. The number of ether oxygens (including phenoxy) is 1. The quantitative estimate of drug-likeness (QED) is 0.863. The molecule has 1 aliphatic rings. The standard InChI is InChI=1S/C17H18FNO3S/c1-19(23(20,21)17-8-6-15(18)7-9-17)11-16-10-13-4-2-3-5-14(13)12-22-16/h2-9,16H,10-12H2,1H3. The number of likely N-dealkylation sites (N-methyl/N-ethyl adjacent to an activating group) is 1. The third kappa shape index (κ3) is 3.44. The largest absolute Gasteiger partial charge is 0.372 e. The van der Waals surface area contributed by atoms with Gasteiger partial charge in [-0.25, -0.2) is 12.8 Å². The molecule has 0 N–H and O–H groups in total. The second-order valence-electron chi connectivity index (χ2n) is 5.65. The topological polar surface area (TPSA) is 46.6 Å². The van der Waals surface area contributed by atoms with Crippen LogP contribution in [-0.4, -0.2) is 32.4 Å². The Bertz CT molecular complexity index is 790. The van der Waals surface area contributed by atoms with Crippen LogP contribution in [0.5, 0.6) is 0 Å². The minimum absolute atomic E-state index is 0.0811. The third-order valence-corrected chi connectivity index (χ3v) is 5.86. The minimum atomic E-state index is -3.65. The van der Waals surface area contributed by atoms with Gasteiger partial charge in [-0.3, -0.25) is 0 Å². The van der Waals surface area contributed by atoms with E-state index in [4.69, 9.17) is 4.74 Å². The van der Waals surface area contributed by atoms with E-state index in [-0.39, 0.29) is 17.5 Å². The van der Waals surface area contributed by atoms with Crippen molar-refractivity contribution < 1.29 is 17.5 Å². The molecule has 0 radical (unpaired) electrons. The first-order valence-electron chi connectivity index (χ1n) is 7.37. The minimum Gasteiger partial charge on any atom is -0.372 e. The number of nitrogens with zero attached hydrogens (tertiary/aromatic N) is 1. The van der Waals surface area contributed by atoms with Gasteiger partial charge in [-0.05, 0) is 35.4 Å². The molecule has 1 aliphatic heterocycles. The van der Waals surface area contributed by atoms with Gasteiger partial charge in [0.1, 0.15) is 5.82 Å². The maximum absolute atomic E-state index is 13.0. The summed E-state index contributed by atoms with van der Waals surface area (Å²) in [5.41, 5.74) is 2.34. The van der Waals surface area contributed by atoms with Crippen LogP contribution in [0.4, 0.5) is 4.39 Å². The zero-order valence-electron chi connectivity index (χ0n) is 12.8. The summed E-state index contributed by atoms with van der Waals surface area (Å²) in [6.45, 7) is 0.749. The Kier molecular flexibility index (Phi) is 4.48. The molecule has 122 valence electrons. The van der Waals surface area contributed by atoms with Crippen LogP contribution in [0, 0.1) is 5.82 Å². The smallest absolute Gasteiger partial charge is 0.242 e. The molecule has 1 atom stereocenters. The molecule has 23 heavy (non-hydrogen) atoms. The zero-order chi connectivity index (χ0) is 16.4. The van der Waals surface area contributed by atoms with E-state index in [2.05, 4.69) is 0 Å². The lowest BCUT2D eigenvalue weighted by Crippen LogP contribution is -2.38. The van der Waals surface area contributed by atoms with E-state index in [1.165, 1.54) is 29.0 Å². The molecule has 3 rings (SSSR count). The Morgan fingerprint density at radius 2 is 1.78 bits per heavy atom. The van der Waals surface area contributed by atoms with Crippen molar-refractivity contribution in [3.63, 3.8) is 0 Å². The van der Waals surface area contributed by atoms with E-state index in [1.807, 2.05) is 24.3 Å². The maximum atomic E-state index is 13.0. The maximum Gasteiger partial charge on any atom is 0.242 e. The van der Waals surface area contributed by atoms with E-state index in [0.717, 1.165) is 17.7 Å². The Morgan fingerprint density at radius 1 is 1.13 bits per heavy atom. The van der Waals surface area contributed by atoms with Crippen molar-refractivity contribution in [3.05, 3.63) is 65.5 Å². The van der Waals surface area contributed by atoms with Crippen LogP contribution in [0.3, 0.4) is 0 Å². The second kappa shape index (κ2) is 6.39. The first kappa shape index (κ1) is 16.1. The molecule has 0 fully saturated rings. The fraction of sp³-hybridized carbons (Fsp3) is 0.294. The average molecular weight is 335 g/mol. The number of sulfonamides is 1. The van der Waals surface area contributed by atoms with Crippen LogP contribution in [0.2, 0.25) is 0 Å². The molecule has 0 spiro atoms. The molecule has 4 nitrogen and oxygen atoms in total. The molecular weight excluding hydrogens is 317 g/mol. The normalized spacial score (nSPS) is 18.0. The molecule has 6 heteroatoms. The number of benzene rings is 2. The number of hydrogen-bond acceptors (Lipinski definition) is 3. The van der Waals surface area contributed by atoms with Gasteiger partial charge in [0.05, 0.1) is 17.6 Å². The Hall–Kier alpha value is -1.76. The van der Waals surface area contributed by atoms with Crippen LogP contribution in [0.25, 0.3) is 0 Å². The Balaban J connectivity index is 1.72. The summed E-state index contributed by atoms with van der Waals surface area (Å²) in [6, 6.07) is 12.8. The molecule has 0 bridgehead atoms. The fourth-order valence-electron chi connectivity index (χ4n) is 2.70. The zero-order valence-corrected chi connectivity index (χ0v) is 13.6. The van der Waals surface area contributed by atoms with Gasteiger partial charge in [0.2, 0.25) is 10.0 Å². The first-order valence-corrected chi connectivity index (χ1v) is 8.81. The SMILES string of the molecule is CN(CC1Cc2ccccc2CO1)S(=O)(=O)c1ccc(F)cc1. The van der Waals surface area contributed by atoms with Crippen LogP contribution in [0.15, 0.2) is 53.4 Å². The molecule has 1 heterocycles. The van der Waals surface area contributed by atoms with Crippen LogP contribution in [-0.2, 0) is 27.8 Å². The van der Waals surface area contributed by atoms with Crippen LogP contribution >= 0.6 is 0 Å². The van der Waals surface area contributed by atoms with Crippen molar-refractivity contribution in [3.8, 4) is 0 Å². The van der Waals surface area contributed by atoms with Gasteiger partial charge in [0, 0.05) is 20.0 Å². The Labute approximate surface area is 135 Å². The van der Waals surface area contributed by atoms with Gasteiger partial charge in [-0.15, -0.1) is 0 Å². The van der Waals surface area contributed by atoms with Gasteiger partial charge in [0.25, 0.3) is 0 Å². The van der Waals surface area contributed by atoms with Crippen molar-refractivity contribution in [1.29, 1.82) is 0 Å². The van der Waals surface area contributed by atoms with Gasteiger partial charge in [-0.1, -0.05) is 24.3 Å². The molecule has 2 aromatic rings. The molecule has 2 aromatic carbocycles. The predicted molar refractivity (Wildman–Crippen MR) is 84.9 cm³/mol. The molecule has 0 saturated heterocycles. The molecule has 1 unspecified atom stereocenters. The van der Waals surface area contributed by atoms with E-state index in [1.54, 1.807) is 0 Å². The second-order valence-corrected chi connectivity index (χ2v) is 7.69. The summed E-state index contributed by atoms with van der Waals surface area (Å²) in [4.78, 5) is 0.0811. The van der Waals surface area contributed by atoms with Crippen molar-refractivity contribution in [2.45, 2.75) is 24.0 Å². The van der Waals surface area contributed by atoms with Crippen LogP contribution < -0.4 is 0 Å². The Morgan fingerprint density at radius 3 is 2.48 bits per heavy atom. The average Bonchev–Trinajstić information content (AvgIpc) is 2.55. The number of hydrogen-bond donors (Lipinski definition) is 0. The van der Waals surface area contributed by atoms with Gasteiger partial charge < -0.3 is 4.74 Å². The highest BCUT2D eigenvalue weighted by atomic mass is 32.2. The van der Waals surface area contributed by atoms with Crippen molar-refractivity contribution in [2.24, 2.45) is 0 Å².